The van der Waals surface area contributed by atoms with Crippen molar-refractivity contribution in [3.8, 4) is 0 Å². The van der Waals surface area contributed by atoms with E-state index in [1.54, 1.807) is 4.90 Å². The molecule has 30 heavy (non-hydrogen) atoms. The average molecular weight is 438 g/mol. The number of benzene rings is 1. The summed E-state index contributed by atoms with van der Waals surface area (Å²) in [6, 6.07) is 9.80. The van der Waals surface area contributed by atoms with E-state index in [2.05, 4.69) is 4.90 Å². The van der Waals surface area contributed by atoms with Gasteiger partial charge in [0.25, 0.3) is 0 Å². The number of carbonyl (C=O) groups is 1. The molecule has 2 unspecified atom stereocenters. The summed E-state index contributed by atoms with van der Waals surface area (Å²) < 4.78 is 1.81. The smallest absolute Gasteiger partial charge is 0.324 e. The standard InChI is InChI=1S/C22H35N3O4S/c1-21(2,3)22(18(26)27)12-9-14-23(22)13-7-8-15-25-19(28)24(20(29)30-25)16-17-10-5-4-6-11-17/h4-6,10-11,19-20,28-29H,7-9,12-16H2,1-3H3,(H,26,27)/t19?,20?,22-/m0/s1. The SMILES string of the molecule is CC(C)(C)[C@@]1(C(=O)O)CCCN1CCCCN1SC(O)N(Cc2ccccc2)C1O. The van der Waals surface area contributed by atoms with Crippen LogP contribution in [0.25, 0.3) is 0 Å². The Morgan fingerprint density at radius 2 is 1.83 bits per heavy atom. The molecule has 8 heteroatoms. The molecule has 1 aromatic rings. The van der Waals surface area contributed by atoms with Gasteiger partial charge in [-0.25, -0.2) is 9.21 Å². The molecule has 3 atom stereocenters. The maximum Gasteiger partial charge on any atom is 0.324 e. The van der Waals surface area contributed by atoms with Gasteiger partial charge in [-0.2, -0.15) is 0 Å². The van der Waals surface area contributed by atoms with Crippen molar-refractivity contribution in [1.29, 1.82) is 0 Å². The molecule has 3 rings (SSSR count). The van der Waals surface area contributed by atoms with Crippen molar-refractivity contribution in [3.63, 3.8) is 0 Å². The van der Waals surface area contributed by atoms with Crippen LogP contribution in [0.3, 0.4) is 0 Å². The van der Waals surface area contributed by atoms with Crippen LogP contribution in [0.5, 0.6) is 0 Å². The number of carboxylic acids is 1. The Morgan fingerprint density at radius 3 is 2.47 bits per heavy atom. The lowest BCUT2D eigenvalue weighted by Crippen LogP contribution is -2.59. The van der Waals surface area contributed by atoms with Crippen molar-refractivity contribution >= 4 is 17.9 Å². The molecule has 0 aliphatic carbocycles. The van der Waals surface area contributed by atoms with Gasteiger partial charge in [0.1, 0.15) is 5.54 Å². The second-order valence-electron chi connectivity index (χ2n) is 9.29. The van der Waals surface area contributed by atoms with Crippen molar-refractivity contribution in [2.45, 2.75) is 70.4 Å². The minimum Gasteiger partial charge on any atom is -0.480 e. The van der Waals surface area contributed by atoms with Crippen molar-refractivity contribution in [2.24, 2.45) is 5.41 Å². The molecule has 2 aliphatic heterocycles. The highest BCUT2D eigenvalue weighted by Crippen LogP contribution is 2.44. The number of aliphatic hydroxyl groups excluding tert-OH is 2. The van der Waals surface area contributed by atoms with Crippen LogP contribution in [0.1, 0.15) is 52.0 Å². The number of rotatable bonds is 8. The zero-order valence-corrected chi connectivity index (χ0v) is 19.0. The summed E-state index contributed by atoms with van der Waals surface area (Å²) >= 11 is 1.25. The first-order valence-corrected chi connectivity index (χ1v) is 11.6. The fourth-order valence-corrected chi connectivity index (χ4v) is 5.81. The van der Waals surface area contributed by atoms with Gasteiger partial charge in [0.05, 0.1) is 0 Å². The summed E-state index contributed by atoms with van der Waals surface area (Å²) in [4.78, 5) is 16.0. The summed E-state index contributed by atoms with van der Waals surface area (Å²) in [6.07, 6.45) is 2.43. The number of hydrogen-bond acceptors (Lipinski definition) is 7. The summed E-state index contributed by atoms with van der Waals surface area (Å²) in [5, 5.41) is 31.0. The highest BCUT2D eigenvalue weighted by Gasteiger charge is 2.55. The highest BCUT2D eigenvalue weighted by molar-refractivity contribution is 7.97. The molecule has 0 radical (unpaired) electrons. The molecule has 1 aromatic carbocycles. The molecule has 2 saturated heterocycles. The van der Waals surface area contributed by atoms with E-state index in [-0.39, 0.29) is 5.41 Å². The molecule has 0 spiro atoms. The largest absolute Gasteiger partial charge is 0.480 e. The Morgan fingerprint density at radius 1 is 1.17 bits per heavy atom. The van der Waals surface area contributed by atoms with E-state index in [0.29, 0.717) is 19.5 Å². The lowest BCUT2D eigenvalue weighted by atomic mass is 9.71. The van der Waals surface area contributed by atoms with Crippen LogP contribution >= 0.6 is 11.9 Å². The quantitative estimate of drug-likeness (QED) is 0.423. The Balaban J connectivity index is 1.50. The molecule has 0 bridgehead atoms. The minimum absolute atomic E-state index is 0.335. The summed E-state index contributed by atoms with van der Waals surface area (Å²) in [5.74, 6) is -0.724. The molecule has 0 saturated carbocycles. The summed E-state index contributed by atoms with van der Waals surface area (Å²) in [7, 11) is 0. The lowest BCUT2D eigenvalue weighted by molar-refractivity contribution is -0.157. The Labute approximate surface area is 183 Å². The zero-order chi connectivity index (χ0) is 21.9. The normalized spacial score (nSPS) is 29.0. The molecule has 168 valence electrons. The van der Waals surface area contributed by atoms with Crippen LogP contribution in [0.4, 0.5) is 0 Å². The number of aliphatic hydroxyl groups is 2. The highest BCUT2D eigenvalue weighted by atomic mass is 32.2. The van der Waals surface area contributed by atoms with Gasteiger partial charge >= 0.3 is 5.97 Å². The third-order valence-corrected chi connectivity index (χ3v) is 7.53. The second-order valence-corrected chi connectivity index (χ2v) is 10.4. The van der Waals surface area contributed by atoms with Crippen molar-refractivity contribution in [1.82, 2.24) is 14.1 Å². The van der Waals surface area contributed by atoms with Crippen LogP contribution < -0.4 is 0 Å². The number of likely N-dealkylation sites (tertiary alicyclic amines) is 1. The third-order valence-electron chi connectivity index (χ3n) is 6.43. The third kappa shape index (κ3) is 4.69. The Bertz CT molecular complexity index is 714. The molecule has 7 nitrogen and oxygen atoms in total. The van der Waals surface area contributed by atoms with Gasteiger partial charge in [-0.15, -0.1) is 0 Å². The monoisotopic (exact) mass is 437 g/mol. The van der Waals surface area contributed by atoms with Crippen LogP contribution in [0.2, 0.25) is 0 Å². The van der Waals surface area contributed by atoms with E-state index >= 15 is 0 Å². The molecule has 2 aliphatic rings. The number of hydrogen-bond donors (Lipinski definition) is 3. The van der Waals surface area contributed by atoms with Crippen LogP contribution in [0.15, 0.2) is 30.3 Å². The molecule has 3 N–H and O–H groups in total. The number of aliphatic carboxylic acids is 1. The van der Waals surface area contributed by atoms with E-state index in [1.165, 1.54) is 11.9 Å². The van der Waals surface area contributed by atoms with Crippen LogP contribution in [0, 0.1) is 5.41 Å². The summed E-state index contributed by atoms with van der Waals surface area (Å²) in [6.45, 7) is 8.70. The predicted octanol–water partition coefficient (Wildman–Crippen LogP) is 2.75. The van der Waals surface area contributed by atoms with E-state index in [1.807, 2.05) is 55.4 Å². The minimum atomic E-state index is -0.843. The lowest BCUT2D eigenvalue weighted by Gasteiger charge is -2.45. The maximum absolute atomic E-state index is 12.2. The topological polar surface area (TPSA) is 87.5 Å². The van der Waals surface area contributed by atoms with E-state index < -0.39 is 23.4 Å². The fourth-order valence-electron chi connectivity index (χ4n) is 4.80. The molecular weight excluding hydrogens is 402 g/mol. The Kier molecular flexibility index (Phi) is 7.48. The van der Waals surface area contributed by atoms with Crippen molar-refractivity contribution in [2.75, 3.05) is 19.6 Å². The Hall–Kier alpha value is -1.16. The van der Waals surface area contributed by atoms with Gasteiger partial charge in [-0.05, 0) is 61.7 Å². The first-order chi connectivity index (χ1) is 14.2. The van der Waals surface area contributed by atoms with E-state index in [9.17, 15) is 20.1 Å². The summed E-state index contributed by atoms with van der Waals surface area (Å²) in [5.41, 5.74) is -0.880. The van der Waals surface area contributed by atoms with Crippen LogP contribution in [-0.4, -0.2) is 72.5 Å². The molecule has 2 fully saturated rings. The van der Waals surface area contributed by atoms with Gasteiger partial charge in [0.15, 0.2) is 11.9 Å². The van der Waals surface area contributed by atoms with E-state index in [0.717, 1.165) is 37.9 Å². The number of nitrogens with zero attached hydrogens (tertiary/aromatic N) is 3. The first kappa shape index (κ1) is 23.5. The molecule has 0 aromatic heterocycles. The van der Waals surface area contributed by atoms with Crippen molar-refractivity contribution in [3.05, 3.63) is 35.9 Å². The van der Waals surface area contributed by atoms with Gasteiger partial charge in [0.2, 0.25) is 0 Å². The first-order valence-electron chi connectivity index (χ1n) is 10.7. The number of unbranched alkanes of at least 4 members (excludes halogenated alkanes) is 1. The second kappa shape index (κ2) is 9.54. The number of carboxylic acid groups (broad SMARTS) is 1. The molecule has 0 amide bonds. The van der Waals surface area contributed by atoms with Gasteiger partial charge in [-0.3, -0.25) is 9.69 Å². The van der Waals surface area contributed by atoms with Gasteiger partial charge in [-0.1, -0.05) is 51.1 Å². The van der Waals surface area contributed by atoms with Gasteiger partial charge < -0.3 is 15.3 Å². The predicted molar refractivity (Wildman–Crippen MR) is 118 cm³/mol. The maximum atomic E-state index is 12.2. The van der Waals surface area contributed by atoms with Crippen molar-refractivity contribution < 1.29 is 20.1 Å². The zero-order valence-electron chi connectivity index (χ0n) is 18.2. The molecule has 2 heterocycles. The fraction of sp³-hybridized carbons (Fsp3) is 0.682. The average Bonchev–Trinajstić information content (AvgIpc) is 3.23. The molecular formula is C22H35N3O4S. The van der Waals surface area contributed by atoms with E-state index in [4.69, 9.17) is 0 Å². The van der Waals surface area contributed by atoms with Gasteiger partial charge in [0, 0.05) is 13.1 Å². The van der Waals surface area contributed by atoms with Crippen LogP contribution in [-0.2, 0) is 11.3 Å².